The van der Waals surface area contributed by atoms with E-state index in [0.717, 1.165) is 5.56 Å². The van der Waals surface area contributed by atoms with Crippen LogP contribution in [0.3, 0.4) is 0 Å². The number of amides is 1. The summed E-state index contributed by atoms with van der Waals surface area (Å²) >= 11 is 0. The maximum Gasteiger partial charge on any atom is 0.413 e. The monoisotopic (exact) mass is 397 g/mol. The zero-order valence-electron chi connectivity index (χ0n) is 17.7. The van der Waals surface area contributed by atoms with Crippen molar-refractivity contribution in [3.05, 3.63) is 29.8 Å². The smallest absolute Gasteiger partial charge is 0.413 e. The molecule has 0 saturated carbocycles. The summed E-state index contributed by atoms with van der Waals surface area (Å²) in [4.78, 5) is 26.7. The molecular formula is C20H31NO7. The highest BCUT2D eigenvalue weighted by Gasteiger charge is 2.45. The molecule has 0 aromatic heterocycles. The van der Waals surface area contributed by atoms with Crippen LogP contribution in [-0.2, 0) is 30.2 Å². The first kappa shape index (κ1) is 23.7. The molecule has 158 valence electrons. The van der Waals surface area contributed by atoms with E-state index >= 15 is 0 Å². The SMILES string of the molecule is COCOc1ccc(C[C@@](C)(C(=O)OC)N(COC)C(=O)OC(C)(C)C)cc1. The van der Waals surface area contributed by atoms with Crippen LogP contribution in [0.25, 0.3) is 0 Å². The molecular weight excluding hydrogens is 366 g/mol. The van der Waals surface area contributed by atoms with Crippen molar-refractivity contribution in [2.75, 3.05) is 34.9 Å². The van der Waals surface area contributed by atoms with Crippen LogP contribution in [0.1, 0.15) is 33.3 Å². The summed E-state index contributed by atoms with van der Waals surface area (Å²) < 4.78 is 25.9. The number of hydrogen-bond donors (Lipinski definition) is 0. The molecule has 0 radical (unpaired) electrons. The lowest BCUT2D eigenvalue weighted by atomic mass is 9.91. The first-order chi connectivity index (χ1) is 13.1. The van der Waals surface area contributed by atoms with Crippen LogP contribution >= 0.6 is 0 Å². The Labute approximate surface area is 166 Å². The molecule has 1 aromatic rings. The lowest BCUT2D eigenvalue weighted by Gasteiger charge is -2.39. The van der Waals surface area contributed by atoms with Gasteiger partial charge in [-0.3, -0.25) is 4.90 Å². The van der Waals surface area contributed by atoms with Crippen LogP contribution in [0.5, 0.6) is 5.75 Å². The van der Waals surface area contributed by atoms with E-state index in [1.165, 1.54) is 26.2 Å². The minimum atomic E-state index is -1.33. The lowest BCUT2D eigenvalue weighted by molar-refractivity contribution is -0.157. The number of methoxy groups -OCH3 is 3. The fraction of sp³-hybridized carbons (Fsp3) is 0.600. The summed E-state index contributed by atoms with van der Waals surface area (Å²) in [6.07, 6.45) is -0.463. The third-order valence-corrected chi connectivity index (χ3v) is 3.91. The lowest BCUT2D eigenvalue weighted by Crippen LogP contribution is -2.58. The van der Waals surface area contributed by atoms with Crippen LogP contribution in [0.4, 0.5) is 4.79 Å². The van der Waals surface area contributed by atoms with Gasteiger partial charge in [0, 0.05) is 20.6 Å². The highest BCUT2D eigenvalue weighted by Crippen LogP contribution is 2.26. The minimum Gasteiger partial charge on any atom is -0.468 e. The van der Waals surface area contributed by atoms with Crippen LogP contribution in [0.2, 0.25) is 0 Å². The topological polar surface area (TPSA) is 83.5 Å². The average molecular weight is 397 g/mol. The number of esters is 1. The summed E-state index contributed by atoms with van der Waals surface area (Å²) in [6.45, 7) is 6.89. The van der Waals surface area contributed by atoms with Crippen molar-refractivity contribution < 1.29 is 33.3 Å². The molecule has 8 heteroatoms. The zero-order valence-corrected chi connectivity index (χ0v) is 17.7. The predicted octanol–water partition coefficient (Wildman–Crippen LogP) is 2.98. The van der Waals surface area contributed by atoms with Crippen LogP contribution in [0.15, 0.2) is 24.3 Å². The standard InChI is InChI=1S/C20H31NO7/c1-19(2,3)28-18(23)21(13-24-5)20(4,17(22)26-7)12-15-8-10-16(11-9-15)27-14-25-6/h8-11H,12-14H2,1-7H3/t20-/m0/s1. The zero-order chi connectivity index (χ0) is 21.4. The molecule has 0 aliphatic rings. The predicted molar refractivity (Wildman–Crippen MR) is 103 cm³/mol. The van der Waals surface area contributed by atoms with Crippen molar-refractivity contribution in [3.8, 4) is 5.75 Å². The van der Waals surface area contributed by atoms with E-state index in [9.17, 15) is 9.59 Å². The molecule has 28 heavy (non-hydrogen) atoms. The van der Waals surface area contributed by atoms with Crippen molar-refractivity contribution >= 4 is 12.1 Å². The molecule has 0 aliphatic carbocycles. The number of benzene rings is 1. The summed E-state index contributed by atoms with van der Waals surface area (Å²) in [5.41, 5.74) is -1.25. The quantitative estimate of drug-likeness (QED) is 0.468. The second kappa shape index (κ2) is 10.3. The third-order valence-electron chi connectivity index (χ3n) is 3.91. The van der Waals surface area contributed by atoms with Crippen LogP contribution in [-0.4, -0.2) is 63.0 Å². The molecule has 0 bridgehead atoms. The minimum absolute atomic E-state index is 0.129. The maximum atomic E-state index is 12.8. The molecule has 0 N–H and O–H groups in total. The molecule has 8 nitrogen and oxygen atoms in total. The van der Waals surface area contributed by atoms with Crippen LogP contribution < -0.4 is 4.74 Å². The Balaban J connectivity index is 3.16. The van der Waals surface area contributed by atoms with Gasteiger partial charge in [0.15, 0.2) is 6.79 Å². The summed E-state index contributed by atoms with van der Waals surface area (Å²) in [7, 11) is 4.26. The van der Waals surface area contributed by atoms with Crippen molar-refractivity contribution in [2.45, 2.75) is 45.3 Å². The molecule has 0 spiro atoms. The molecule has 1 aromatic carbocycles. The van der Waals surface area contributed by atoms with E-state index < -0.39 is 23.2 Å². The Morgan fingerprint density at radius 2 is 1.57 bits per heavy atom. The summed E-state index contributed by atoms with van der Waals surface area (Å²) in [5.74, 6) is 0.0568. The molecule has 0 aliphatic heterocycles. The third kappa shape index (κ3) is 6.69. The highest BCUT2D eigenvalue weighted by atomic mass is 16.7. The van der Waals surface area contributed by atoms with Gasteiger partial charge in [0.1, 0.15) is 23.6 Å². The second-order valence-corrected chi connectivity index (χ2v) is 7.46. The van der Waals surface area contributed by atoms with Gasteiger partial charge in [0.05, 0.1) is 7.11 Å². The van der Waals surface area contributed by atoms with Gasteiger partial charge >= 0.3 is 12.1 Å². The van der Waals surface area contributed by atoms with Crippen LogP contribution in [0, 0.1) is 0 Å². The molecule has 0 heterocycles. The van der Waals surface area contributed by atoms with E-state index in [1.54, 1.807) is 39.8 Å². The van der Waals surface area contributed by atoms with Gasteiger partial charge in [-0.25, -0.2) is 9.59 Å². The number of carbonyl (C=O) groups excluding carboxylic acids is 2. The fourth-order valence-corrected chi connectivity index (χ4v) is 2.57. The van der Waals surface area contributed by atoms with Gasteiger partial charge in [0.25, 0.3) is 0 Å². The Bertz CT molecular complexity index is 639. The number of hydrogen-bond acceptors (Lipinski definition) is 7. The van der Waals surface area contributed by atoms with Gasteiger partial charge in [-0.15, -0.1) is 0 Å². The molecule has 0 saturated heterocycles. The van der Waals surface area contributed by atoms with Gasteiger partial charge in [-0.2, -0.15) is 0 Å². The molecule has 1 rings (SSSR count). The highest BCUT2D eigenvalue weighted by molar-refractivity contribution is 5.85. The van der Waals surface area contributed by atoms with E-state index in [4.69, 9.17) is 23.7 Å². The van der Waals surface area contributed by atoms with E-state index in [2.05, 4.69) is 0 Å². The average Bonchev–Trinajstić information content (AvgIpc) is 2.63. The maximum absolute atomic E-state index is 12.8. The number of rotatable bonds is 9. The number of carbonyl (C=O) groups is 2. The van der Waals surface area contributed by atoms with Crippen molar-refractivity contribution in [1.82, 2.24) is 4.90 Å². The Morgan fingerprint density at radius 3 is 2.04 bits per heavy atom. The molecule has 0 fully saturated rings. The van der Waals surface area contributed by atoms with Crippen molar-refractivity contribution in [2.24, 2.45) is 0 Å². The molecule has 1 amide bonds. The molecule has 1 atom stereocenters. The Morgan fingerprint density at radius 1 is 0.964 bits per heavy atom. The van der Waals surface area contributed by atoms with E-state index in [-0.39, 0.29) is 19.9 Å². The fourth-order valence-electron chi connectivity index (χ4n) is 2.57. The van der Waals surface area contributed by atoms with Crippen molar-refractivity contribution in [1.29, 1.82) is 0 Å². The van der Waals surface area contributed by atoms with Gasteiger partial charge in [-0.05, 0) is 45.4 Å². The normalized spacial score (nSPS) is 13.4. The summed E-state index contributed by atoms with van der Waals surface area (Å²) in [6, 6.07) is 7.15. The first-order valence-corrected chi connectivity index (χ1v) is 8.86. The second-order valence-electron chi connectivity index (χ2n) is 7.46. The van der Waals surface area contributed by atoms with E-state index in [1.807, 2.05) is 12.1 Å². The number of nitrogens with zero attached hydrogens (tertiary/aromatic N) is 1. The Hall–Kier alpha value is -2.32. The summed E-state index contributed by atoms with van der Waals surface area (Å²) in [5, 5.41) is 0. The van der Waals surface area contributed by atoms with Crippen molar-refractivity contribution in [3.63, 3.8) is 0 Å². The van der Waals surface area contributed by atoms with Gasteiger partial charge in [0.2, 0.25) is 0 Å². The largest absolute Gasteiger partial charge is 0.468 e. The number of ether oxygens (including phenoxy) is 5. The Kier molecular flexibility index (Phi) is 8.71. The first-order valence-electron chi connectivity index (χ1n) is 8.86. The van der Waals surface area contributed by atoms with Gasteiger partial charge in [-0.1, -0.05) is 12.1 Å². The molecule has 0 unspecified atom stereocenters. The van der Waals surface area contributed by atoms with E-state index in [0.29, 0.717) is 5.75 Å². The van der Waals surface area contributed by atoms with Gasteiger partial charge < -0.3 is 23.7 Å².